The van der Waals surface area contributed by atoms with Gasteiger partial charge in [0.2, 0.25) is 11.7 Å². The van der Waals surface area contributed by atoms with E-state index in [9.17, 15) is 9.59 Å². The van der Waals surface area contributed by atoms with Crippen LogP contribution in [0.3, 0.4) is 0 Å². The molecule has 3 heterocycles. The Morgan fingerprint density at radius 3 is 2.73 bits per heavy atom. The first-order chi connectivity index (χ1) is 19.4. The van der Waals surface area contributed by atoms with E-state index in [1.165, 1.54) is 23.7 Å². The number of benzene rings is 2. The number of aromatic nitrogens is 4. The van der Waals surface area contributed by atoms with Crippen LogP contribution in [0.1, 0.15) is 23.8 Å². The lowest BCUT2D eigenvalue weighted by Gasteiger charge is -2.18. The number of halogens is 1. The molecule has 0 fully saturated rings. The van der Waals surface area contributed by atoms with Gasteiger partial charge in [0.25, 0.3) is 5.56 Å². The van der Waals surface area contributed by atoms with Crippen molar-refractivity contribution in [2.45, 2.75) is 31.3 Å². The third-order valence-corrected chi connectivity index (χ3v) is 9.48. The van der Waals surface area contributed by atoms with Gasteiger partial charge in [-0.1, -0.05) is 30.3 Å². The fourth-order valence-electron chi connectivity index (χ4n) is 5.04. The Kier molecular flexibility index (Phi) is 7.20. The van der Waals surface area contributed by atoms with Crippen LogP contribution in [-0.2, 0) is 17.6 Å². The van der Waals surface area contributed by atoms with Crippen LogP contribution in [0.15, 0.2) is 52.4 Å². The zero-order valence-electron chi connectivity index (χ0n) is 22.1. The summed E-state index contributed by atoms with van der Waals surface area (Å²) >= 11 is 9.02. The number of nitrogens with one attached hydrogen (secondary N) is 1. The van der Waals surface area contributed by atoms with Gasteiger partial charge >= 0.3 is 0 Å². The smallest absolute Gasteiger partial charge is 0.268 e. The maximum Gasteiger partial charge on any atom is 0.268 e. The van der Waals surface area contributed by atoms with Gasteiger partial charge in [-0.3, -0.25) is 9.59 Å². The second kappa shape index (κ2) is 10.8. The monoisotopic (exact) mass is 595 g/mol. The maximum atomic E-state index is 14.0. The average molecular weight is 596 g/mol. The number of hydrogen-bond acceptors (Lipinski definition) is 8. The molecule has 40 heavy (non-hydrogen) atoms. The van der Waals surface area contributed by atoms with Gasteiger partial charge in [0.15, 0.2) is 5.16 Å². The highest BCUT2D eigenvalue weighted by Gasteiger charge is 2.27. The normalized spacial score (nSPS) is 14.8. The molecule has 1 aliphatic carbocycles. The van der Waals surface area contributed by atoms with E-state index in [0.717, 1.165) is 29.7 Å². The molecule has 0 radical (unpaired) electrons. The summed E-state index contributed by atoms with van der Waals surface area (Å²) in [7, 11) is 3.11. The van der Waals surface area contributed by atoms with Crippen LogP contribution in [0.4, 0.5) is 5.69 Å². The summed E-state index contributed by atoms with van der Waals surface area (Å²) < 4.78 is 14.1. The van der Waals surface area contributed by atoms with Gasteiger partial charge in [0.05, 0.1) is 36.7 Å². The van der Waals surface area contributed by atoms with Crippen molar-refractivity contribution < 1.29 is 14.3 Å². The predicted octanol–water partition coefficient (Wildman–Crippen LogP) is 5.62. The number of fused-ring (bicyclic) bond motifs is 5. The quantitative estimate of drug-likeness (QED) is 0.244. The van der Waals surface area contributed by atoms with Crippen molar-refractivity contribution in [3.05, 3.63) is 68.3 Å². The first-order valence-electron chi connectivity index (χ1n) is 12.7. The molecule has 6 rings (SSSR count). The van der Waals surface area contributed by atoms with E-state index >= 15 is 0 Å². The first-order valence-corrected chi connectivity index (χ1v) is 14.9. The molecule has 3 aromatic heterocycles. The zero-order chi connectivity index (χ0) is 28.0. The highest BCUT2D eigenvalue weighted by atomic mass is 35.5. The number of nitrogens with zero attached hydrogens (tertiary/aromatic N) is 4. The molecule has 9 nitrogen and oxygen atoms in total. The first kappa shape index (κ1) is 26.7. The van der Waals surface area contributed by atoms with Crippen LogP contribution < -0.4 is 20.3 Å². The highest BCUT2D eigenvalue weighted by molar-refractivity contribution is 7.99. The molecule has 1 atom stereocenters. The number of aryl methyl sites for hydroxylation is 1. The van der Waals surface area contributed by atoms with Crippen molar-refractivity contribution in [2.24, 2.45) is 5.92 Å². The van der Waals surface area contributed by atoms with Crippen LogP contribution in [0, 0.1) is 5.92 Å². The van der Waals surface area contributed by atoms with Crippen LogP contribution in [0.2, 0.25) is 5.02 Å². The van der Waals surface area contributed by atoms with E-state index < -0.39 is 0 Å². The fraction of sp³-hybridized carbons (Fsp3) is 0.286. The number of thiophene rings is 1. The van der Waals surface area contributed by atoms with E-state index in [2.05, 4.69) is 22.4 Å². The van der Waals surface area contributed by atoms with Crippen molar-refractivity contribution in [3.63, 3.8) is 0 Å². The SMILES string of the molecule is COc1ccc(NC(=O)CSc2nnc3n(-c4ccc(Cl)cc4)c(=O)c4c5c(sc4n23)CC[C@H](C)C5)c(OC)c1. The standard InChI is InChI=1S/C28H26ClN5O4S2/c1-15-4-11-22-19(12-15)24-25(36)33(17-7-5-16(29)6-8-17)27-31-32-28(34(27)26(24)40-22)39-14-23(35)30-20-10-9-18(37-2)13-21(20)38-3/h5-10,13,15H,4,11-12,14H2,1-3H3,(H,30,35)/t15-/m0/s1. The van der Waals surface area contributed by atoms with Crippen LogP contribution in [0.5, 0.6) is 11.5 Å². The van der Waals surface area contributed by atoms with Crippen molar-refractivity contribution in [2.75, 3.05) is 25.3 Å². The topological polar surface area (TPSA) is 99.7 Å². The second-order valence-electron chi connectivity index (χ2n) is 9.67. The molecule has 206 valence electrons. The fourth-order valence-corrected chi connectivity index (χ4v) is 7.29. The predicted molar refractivity (Wildman–Crippen MR) is 159 cm³/mol. The Balaban J connectivity index is 1.41. The number of hydrogen-bond donors (Lipinski definition) is 1. The van der Waals surface area contributed by atoms with Gasteiger partial charge in [-0.2, -0.15) is 0 Å². The molecular weight excluding hydrogens is 570 g/mol. The third kappa shape index (κ3) is 4.71. The van der Waals surface area contributed by atoms with E-state index in [0.29, 0.717) is 50.1 Å². The number of methoxy groups -OCH3 is 2. The number of carbonyl (C=O) groups excluding carboxylic acids is 1. The van der Waals surface area contributed by atoms with Crippen molar-refractivity contribution in [3.8, 4) is 17.2 Å². The van der Waals surface area contributed by atoms with Gasteiger partial charge in [0.1, 0.15) is 16.3 Å². The van der Waals surface area contributed by atoms with Crippen molar-refractivity contribution >= 4 is 62.3 Å². The highest BCUT2D eigenvalue weighted by Crippen LogP contribution is 2.38. The molecule has 1 aliphatic rings. The summed E-state index contributed by atoms with van der Waals surface area (Å²) in [6, 6.07) is 12.3. The summed E-state index contributed by atoms with van der Waals surface area (Å²) in [6.07, 6.45) is 2.88. The minimum atomic E-state index is -0.230. The van der Waals surface area contributed by atoms with Gasteiger partial charge in [0, 0.05) is 16.0 Å². The number of thioether (sulfide) groups is 1. The van der Waals surface area contributed by atoms with Crippen LogP contribution in [-0.4, -0.2) is 45.0 Å². The molecule has 1 amide bonds. The minimum Gasteiger partial charge on any atom is -0.497 e. The lowest BCUT2D eigenvalue weighted by Crippen LogP contribution is -2.23. The molecule has 0 saturated heterocycles. The van der Waals surface area contributed by atoms with Gasteiger partial charge in [-0.25, -0.2) is 8.97 Å². The minimum absolute atomic E-state index is 0.0830. The maximum absolute atomic E-state index is 14.0. The Morgan fingerprint density at radius 2 is 1.98 bits per heavy atom. The Bertz CT molecular complexity index is 1810. The largest absolute Gasteiger partial charge is 0.497 e. The van der Waals surface area contributed by atoms with E-state index in [4.69, 9.17) is 21.1 Å². The van der Waals surface area contributed by atoms with Crippen LogP contribution >= 0.6 is 34.7 Å². The molecule has 5 aromatic rings. The molecule has 12 heteroatoms. The van der Waals surface area contributed by atoms with Gasteiger partial charge in [-0.15, -0.1) is 21.5 Å². The molecule has 0 saturated carbocycles. The van der Waals surface area contributed by atoms with E-state index in [1.54, 1.807) is 65.5 Å². The molecule has 0 aliphatic heterocycles. The molecular formula is C28H26ClN5O4S2. The van der Waals surface area contributed by atoms with Gasteiger partial charge < -0.3 is 14.8 Å². The Hall–Kier alpha value is -3.54. The Morgan fingerprint density at radius 1 is 1.18 bits per heavy atom. The molecule has 0 bridgehead atoms. The second-order valence-corrected chi connectivity index (χ2v) is 12.1. The number of amides is 1. The van der Waals surface area contributed by atoms with E-state index in [-0.39, 0.29) is 17.2 Å². The third-order valence-electron chi connectivity index (χ3n) is 7.03. The lowest BCUT2D eigenvalue weighted by molar-refractivity contribution is -0.113. The number of anilines is 1. The van der Waals surface area contributed by atoms with Crippen molar-refractivity contribution in [1.29, 1.82) is 0 Å². The summed E-state index contributed by atoms with van der Waals surface area (Å²) in [4.78, 5) is 29.0. The summed E-state index contributed by atoms with van der Waals surface area (Å²) in [5, 5.41) is 13.5. The van der Waals surface area contributed by atoms with Gasteiger partial charge in [-0.05, 0) is 67.1 Å². The molecule has 1 N–H and O–H groups in total. The Labute approximate surface area is 243 Å². The summed E-state index contributed by atoms with van der Waals surface area (Å²) in [5.41, 5.74) is 2.18. The summed E-state index contributed by atoms with van der Waals surface area (Å²) in [5.74, 6) is 1.87. The molecule has 0 spiro atoms. The number of ether oxygens (including phenoxy) is 2. The lowest BCUT2D eigenvalue weighted by atomic mass is 9.89. The molecule has 0 unspecified atom stereocenters. The average Bonchev–Trinajstić information content (AvgIpc) is 3.54. The zero-order valence-corrected chi connectivity index (χ0v) is 24.5. The number of carbonyl (C=O) groups is 1. The number of rotatable bonds is 7. The van der Waals surface area contributed by atoms with Crippen LogP contribution in [0.25, 0.3) is 21.7 Å². The van der Waals surface area contributed by atoms with Crippen molar-refractivity contribution in [1.82, 2.24) is 19.2 Å². The van der Waals surface area contributed by atoms with E-state index in [1.807, 2.05) is 4.40 Å². The summed E-state index contributed by atoms with van der Waals surface area (Å²) in [6.45, 7) is 2.22. The molecule has 2 aromatic carbocycles.